The number of nitrogens with one attached hydrogen (secondary N) is 1. The van der Waals surface area contributed by atoms with Crippen LogP contribution in [-0.2, 0) is 11.3 Å². The maximum atomic E-state index is 12.4. The van der Waals surface area contributed by atoms with Crippen molar-refractivity contribution >= 4 is 22.7 Å². The summed E-state index contributed by atoms with van der Waals surface area (Å²) in [7, 11) is 0. The minimum Gasteiger partial charge on any atom is -0.454 e. The molecule has 0 atom stereocenters. The molecule has 0 unspecified atom stereocenters. The van der Waals surface area contributed by atoms with Crippen LogP contribution in [0.2, 0.25) is 0 Å². The molecule has 5 heteroatoms. The number of Topliss-reactive ketones (excluding diaryl/α,β-unsaturated/α-hetero) is 1. The van der Waals surface area contributed by atoms with Crippen LogP contribution in [0, 0.1) is 6.92 Å². The van der Waals surface area contributed by atoms with E-state index >= 15 is 0 Å². The number of aromatic amines is 1. The van der Waals surface area contributed by atoms with Crippen LogP contribution in [0.15, 0.2) is 48.5 Å². The Bertz CT molecular complexity index is 893. The summed E-state index contributed by atoms with van der Waals surface area (Å²) in [5.74, 6) is -0.810. The number of aromatic nitrogens is 1. The summed E-state index contributed by atoms with van der Waals surface area (Å²) >= 11 is 0. The lowest BCUT2D eigenvalue weighted by Crippen LogP contribution is -2.14. The van der Waals surface area contributed by atoms with Crippen molar-refractivity contribution in [3.8, 4) is 0 Å². The van der Waals surface area contributed by atoms with Crippen LogP contribution in [0.5, 0.6) is 0 Å². The lowest BCUT2D eigenvalue weighted by Gasteiger charge is -2.05. The maximum Gasteiger partial charge on any atom is 0.338 e. The Morgan fingerprint density at radius 2 is 1.79 bits per heavy atom. The summed E-state index contributed by atoms with van der Waals surface area (Å²) in [6.07, 6.45) is 0. The van der Waals surface area contributed by atoms with Crippen LogP contribution >= 0.6 is 0 Å². The van der Waals surface area contributed by atoms with Crippen molar-refractivity contribution in [3.63, 3.8) is 0 Å². The molecule has 0 fully saturated rings. The number of fused-ring (bicyclic) bond motifs is 1. The van der Waals surface area contributed by atoms with Gasteiger partial charge in [0, 0.05) is 22.2 Å². The van der Waals surface area contributed by atoms with Crippen molar-refractivity contribution in [3.05, 3.63) is 70.9 Å². The number of hydrogen-bond acceptors (Lipinski definition) is 4. The number of carbonyl (C=O) groups excluding carboxylic acids is 2. The van der Waals surface area contributed by atoms with Gasteiger partial charge in [0.25, 0.3) is 0 Å². The zero-order valence-electron chi connectivity index (χ0n) is 13.2. The third kappa shape index (κ3) is 3.07. The Hall–Kier alpha value is -2.92. The third-order valence-corrected chi connectivity index (χ3v) is 3.88. The van der Waals surface area contributed by atoms with E-state index in [0.29, 0.717) is 16.7 Å². The van der Waals surface area contributed by atoms with Crippen LogP contribution in [0.25, 0.3) is 10.9 Å². The second kappa shape index (κ2) is 6.68. The van der Waals surface area contributed by atoms with Crippen molar-refractivity contribution in [2.45, 2.75) is 13.5 Å². The molecule has 3 aromatic rings. The summed E-state index contributed by atoms with van der Waals surface area (Å²) in [4.78, 5) is 27.6. The van der Waals surface area contributed by atoms with Gasteiger partial charge in [-0.25, -0.2) is 4.79 Å². The Kier molecular flexibility index (Phi) is 4.44. The molecular formula is C19H17NO4. The van der Waals surface area contributed by atoms with Gasteiger partial charge in [0.15, 0.2) is 6.61 Å². The number of ketones is 1. The van der Waals surface area contributed by atoms with E-state index in [4.69, 9.17) is 9.84 Å². The summed E-state index contributed by atoms with van der Waals surface area (Å²) in [5.41, 5.74) is 3.23. The second-order valence-electron chi connectivity index (χ2n) is 5.52. The smallest absolute Gasteiger partial charge is 0.338 e. The third-order valence-electron chi connectivity index (χ3n) is 3.88. The van der Waals surface area contributed by atoms with E-state index in [1.807, 2.05) is 31.2 Å². The fourth-order valence-corrected chi connectivity index (χ4v) is 2.67. The lowest BCUT2D eigenvalue weighted by atomic mass is 10.1. The Morgan fingerprint density at radius 3 is 2.50 bits per heavy atom. The van der Waals surface area contributed by atoms with Crippen molar-refractivity contribution in [1.29, 1.82) is 0 Å². The summed E-state index contributed by atoms with van der Waals surface area (Å²) < 4.78 is 5.13. The van der Waals surface area contributed by atoms with Crippen molar-refractivity contribution in [2.75, 3.05) is 6.61 Å². The fraction of sp³-hybridized carbons (Fsp3) is 0.158. The predicted octanol–water partition coefficient (Wildman–Crippen LogP) is 3.01. The van der Waals surface area contributed by atoms with E-state index in [1.165, 1.54) is 0 Å². The molecule has 1 aromatic heterocycles. The van der Waals surface area contributed by atoms with Gasteiger partial charge in [0.05, 0.1) is 12.2 Å². The molecule has 3 rings (SSSR count). The van der Waals surface area contributed by atoms with Crippen LogP contribution in [0.1, 0.15) is 32.0 Å². The zero-order chi connectivity index (χ0) is 17.1. The molecule has 0 bridgehead atoms. The number of aliphatic hydroxyl groups excluding tert-OH is 1. The van der Waals surface area contributed by atoms with Crippen molar-refractivity contribution in [1.82, 2.24) is 4.98 Å². The minimum absolute atomic E-state index is 0.0896. The Morgan fingerprint density at radius 1 is 1.08 bits per heavy atom. The van der Waals surface area contributed by atoms with Gasteiger partial charge in [-0.1, -0.05) is 30.3 Å². The Balaban J connectivity index is 1.72. The number of para-hydroxylation sites is 1. The van der Waals surface area contributed by atoms with E-state index in [9.17, 15) is 9.59 Å². The molecule has 0 aliphatic carbocycles. The van der Waals surface area contributed by atoms with Crippen LogP contribution < -0.4 is 0 Å². The van der Waals surface area contributed by atoms with Crippen LogP contribution in [-0.4, -0.2) is 28.4 Å². The molecule has 5 nitrogen and oxygen atoms in total. The highest BCUT2D eigenvalue weighted by atomic mass is 16.5. The molecule has 122 valence electrons. The summed E-state index contributed by atoms with van der Waals surface area (Å²) in [6.45, 7) is 1.42. The average Bonchev–Trinajstić information content (AvgIpc) is 2.95. The lowest BCUT2D eigenvalue weighted by molar-refractivity contribution is 0.0475. The number of aryl methyl sites for hydroxylation is 1. The molecule has 0 saturated carbocycles. The summed E-state index contributed by atoms with van der Waals surface area (Å²) in [6, 6.07) is 13.9. The highest BCUT2D eigenvalue weighted by Crippen LogP contribution is 2.22. The largest absolute Gasteiger partial charge is 0.454 e. The maximum absolute atomic E-state index is 12.4. The number of hydrogen-bond donors (Lipinski definition) is 2. The van der Waals surface area contributed by atoms with Gasteiger partial charge in [-0.15, -0.1) is 0 Å². The standard InChI is InChI=1S/C19H17NO4/c1-12-18(15-4-2-3-5-16(15)20-12)17(22)11-24-19(23)14-8-6-13(10-21)7-9-14/h2-9,20-21H,10-11H2,1H3. The molecule has 2 aromatic carbocycles. The fourth-order valence-electron chi connectivity index (χ4n) is 2.67. The van der Waals surface area contributed by atoms with Gasteiger partial charge in [0.1, 0.15) is 0 Å². The van der Waals surface area contributed by atoms with Gasteiger partial charge >= 0.3 is 5.97 Å². The first-order valence-corrected chi connectivity index (χ1v) is 7.57. The molecule has 1 heterocycles. The molecule has 2 N–H and O–H groups in total. The number of aliphatic hydroxyl groups is 1. The van der Waals surface area contributed by atoms with E-state index in [-0.39, 0.29) is 19.0 Å². The molecule has 0 spiro atoms. The number of esters is 1. The van der Waals surface area contributed by atoms with E-state index in [2.05, 4.69) is 4.98 Å². The molecule has 24 heavy (non-hydrogen) atoms. The Labute approximate surface area is 138 Å². The topological polar surface area (TPSA) is 79.4 Å². The molecule has 0 amide bonds. The first-order chi connectivity index (χ1) is 11.6. The number of carbonyl (C=O) groups is 2. The van der Waals surface area contributed by atoms with E-state index in [1.54, 1.807) is 24.3 Å². The highest BCUT2D eigenvalue weighted by Gasteiger charge is 2.18. The predicted molar refractivity (Wildman–Crippen MR) is 90.0 cm³/mol. The molecular weight excluding hydrogens is 306 g/mol. The average molecular weight is 323 g/mol. The molecule has 0 aliphatic heterocycles. The number of ether oxygens (including phenoxy) is 1. The summed E-state index contributed by atoms with van der Waals surface area (Å²) in [5, 5.41) is 9.82. The second-order valence-corrected chi connectivity index (χ2v) is 5.52. The number of rotatable bonds is 5. The van der Waals surface area contributed by atoms with E-state index < -0.39 is 5.97 Å². The molecule has 0 aliphatic rings. The number of benzene rings is 2. The van der Waals surface area contributed by atoms with Crippen LogP contribution in [0.3, 0.4) is 0 Å². The van der Waals surface area contributed by atoms with Crippen LogP contribution in [0.4, 0.5) is 0 Å². The molecule has 0 saturated heterocycles. The SMILES string of the molecule is Cc1[nH]c2ccccc2c1C(=O)COC(=O)c1ccc(CO)cc1. The quantitative estimate of drug-likeness (QED) is 0.559. The van der Waals surface area contributed by atoms with Gasteiger partial charge < -0.3 is 14.8 Å². The highest BCUT2D eigenvalue weighted by molar-refractivity contribution is 6.10. The first-order valence-electron chi connectivity index (χ1n) is 7.57. The van der Waals surface area contributed by atoms with Gasteiger partial charge in [-0.05, 0) is 30.7 Å². The van der Waals surface area contributed by atoms with Gasteiger partial charge in [-0.2, -0.15) is 0 Å². The molecule has 0 radical (unpaired) electrons. The zero-order valence-corrected chi connectivity index (χ0v) is 13.2. The van der Waals surface area contributed by atoms with Gasteiger partial charge in [-0.3, -0.25) is 4.79 Å². The first kappa shape index (κ1) is 16.0. The monoisotopic (exact) mass is 323 g/mol. The van der Waals surface area contributed by atoms with Crippen molar-refractivity contribution in [2.24, 2.45) is 0 Å². The van der Waals surface area contributed by atoms with Crippen molar-refractivity contribution < 1.29 is 19.4 Å². The van der Waals surface area contributed by atoms with E-state index in [0.717, 1.165) is 16.6 Å². The minimum atomic E-state index is -0.565. The normalized spacial score (nSPS) is 10.8. The van der Waals surface area contributed by atoms with Gasteiger partial charge in [0.2, 0.25) is 5.78 Å². The number of H-pyrrole nitrogens is 1.